The fourth-order valence-electron chi connectivity index (χ4n) is 1.70. The molecule has 6 heteroatoms. The van der Waals surface area contributed by atoms with E-state index >= 15 is 0 Å². The maximum atomic E-state index is 12.0. The van der Waals surface area contributed by atoms with Crippen LogP contribution in [0.1, 0.15) is 22.1 Å². The molecule has 0 aliphatic heterocycles. The van der Waals surface area contributed by atoms with Gasteiger partial charge in [0.1, 0.15) is 5.82 Å². The lowest BCUT2D eigenvalue weighted by atomic mass is 10.4. The van der Waals surface area contributed by atoms with Crippen molar-refractivity contribution in [2.24, 2.45) is 0 Å². The number of amides is 1. The quantitative estimate of drug-likeness (QED) is 0.876. The van der Waals surface area contributed by atoms with Crippen molar-refractivity contribution in [3.05, 3.63) is 35.9 Å². The Hall–Kier alpha value is -2.11. The molecule has 0 bridgehead atoms. The van der Waals surface area contributed by atoms with Crippen LogP contribution in [0, 0.1) is 13.8 Å². The highest BCUT2D eigenvalue weighted by atomic mass is 16.2. The van der Waals surface area contributed by atoms with Gasteiger partial charge in [0.25, 0.3) is 5.91 Å². The Morgan fingerprint density at radius 2 is 2.22 bits per heavy atom. The van der Waals surface area contributed by atoms with E-state index < -0.39 is 0 Å². The van der Waals surface area contributed by atoms with Gasteiger partial charge in [-0.25, -0.2) is 9.97 Å². The zero-order chi connectivity index (χ0) is 13.1. The molecule has 2 aromatic heterocycles. The molecule has 0 aromatic carbocycles. The summed E-state index contributed by atoms with van der Waals surface area (Å²) >= 11 is 0. The van der Waals surface area contributed by atoms with Gasteiger partial charge in [-0.15, -0.1) is 0 Å². The summed E-state index contributed by atoms with van der Waals surface area (Å²) in [5.41, 5.74) is 0.886. The van der Waals surface area contributed by atoms with Crippen LogP contribution in [0.4, 0.5) is 0 Å². The fourth-order valence-corrected chi connectivity index (χ4v) is 1.70. The van der Waals surface area contributed by atoms with Crippen molar-refractivity contribution in [1.29, 1.82) is 0 Å². The molecule has 1 amide bonds. The Kier molecular flexibility index (Phi) is 3.45. The van der Waals surface area contributed by atoms with Crippen molar-refractivity contribution >= 4 is 5.91 Å². The van der Waals surface area contributed by atoms with Crippen molar-refractivity contribution < 1.29 is 4.79 Å². The van der Waals surface area contributed by atoms with E-state index in [9.17, 15) is 4.79 Å². The predicted octanol–water partition coefficient (Wildman–Crippen LogP) is 0.995. The number of carbonyl (C=O) groups is 1. The third-order valence-corrected chi connectivity index (χ3v) is 2.85. The van der Waals surface area contributed by atoms with Gasteiger partial charge in [-0.3, -0.25) is 4.79 Å². The van der Waals surface area contributed by atoms with Gasteiger partial charge < -0.3 is 14.5 Å². The van der Waals surface area contributed by atoms with Crippen molar-refractivity contribution in [2.75, 3.05) is 13.6 Å². The Bertz CT molecular complexity index is 542. The van der Waals surface area contributed by atoms with E-state index in [1.54, 1.807) is 24.3 Å². The molecule has 2 heterocycles. The summed E-state index contributed by atoms with van der Waals surface area (Å²) in [4.78, 5) is 24.8. The second kappa shape index (κ2) is 5.03. The average molecular weight is 247 g/mol. The lowest BCUT2D eigenvalue weighted by Crippen LogP contribution is -2.31. The topological polar surface area (TPSA) is 66.8 Å². The van der Waals surface area contributed by atoms with Crippen LogP contribution < -0.4 is 0 Å². The third-order valence-electron chi connectivity index (χ3n) is 2.85. The molecule has 2 rings (SSSR count). The number of hydrogen-bond donors (Lipinski definition) is 1. The monoisotopic (exact) mass is 247 g/mol. The van der Waals surface area contributed by atoms with E-state index in [0.717, 1.165) is 18.1 Å². The molecule has 0 aliphatic carbocycles. The number of aromatic amines is 1. The average Bonchev–Trinajstić information content (AvgIpc) is 2.94. The molecular formula is C12H17N5O. The van der Waals surface area contributed by atoms with Gasteiger partial charge in [0.2, 0.25) is 0 Å². The number of nitrogens with one attached hydrogen (secondary N) is 1. The molecule has 2 aromatic rings. The molecule has 0 radical (unpaired) electrons. The van der Waals surface area contributed by atoms with E-state index in [4.69, 9.17) is 0 Å². The number of carbonyl (C=O) groups excluding carboxylic acids is 1. The fraction of sp³-hybridized carbons (Fsp3) is 0.417. The summed E-state index contributed by atoms with van der Waals surface area (Å²) in [7, 11) is 1.77. The summed E-state index contributed by atoms with van der Waals surface area (Å²) in [5.74, 6) is 1.24. The highest BCUT2D eigenvalue weighted by molar-refractivity contribution is 5.90. The van der Waals surface area contributed by atoms with Crippen LogP contribution >= 0.6 is 0 Å². The molecule has 1 N–H and O–H groups in total. The van der Waals surface area contributed by atoms with Crippen LogP contribution in [-0.2, 0) is 6.54 Å². The molecule has 0 saturated heterocycles. The van der Waals surface area contributed by atoms with E-state index in [1.165, 1.54) is 0 Å². The summed E-state index contributed by atoms with van der Waals surface area (Å²) in [6, 6.07) is 0. The highest BCUT2D eigenvalue weighted by Gasteiger charge is 2.14. The third kappa shape index (κ3) is 2.58. The number of aromatic nitrogens is 4. The van der Waals surface area contributed by atoms with Crippen molar-refractivity contribution in [3.63, 3.8) is 0 Å². The van der Waals surface area contributed by atoms with Gasteiger partial charge in [0, 0.05) is 44.4 Å². The van der Waals surface area contributed by atoms with Gasteiger partial charge in [0.05, 0.1) is 0 Å². The molecule has 0 spiro atoms. The maximum absolute atomic E-state index is 12.0. The zero-order valence-corrected chi connectivity index (χ0v) is 10.8. The maximum Gasteiger partial charge on any atom is 0.289 e. The van der Waals surface area contributed by atoms with Crippen molar-refractivity contribution in [2.45, 2.75) is 20.4 Å². The van der Waals surface area contributed by atoms with E-state index in [0.29, 0.717) is 12.4 Å². The molecule has 0 fully saturated rings. The molecule has 96 valence electrons. The number of rotatable bonds is 4. The smallest absolute Gasteiger partial charge is 0.289 e. The van der Waals surface area contributed by atoms with Crippen LogP contribution in [0.3, 0.4) is 0 Å². The van der Waals surface area contributed by atoms with Gasteiger partial charge >= 0.3 is 0 Å². The van der Waals surface area contributed by atoms with E-state index in [1.807, 2.05) is 24.6 Å². The first-order chi connectivity index (χ1) is 8.58. The van der Waals surface area contributed by atoms with Crippen molar-refractivity contribution in [1.82, 2.24) is 24.4 Å². The Morgan fingerprint density at radius 1 is 1.44 bits per heavy atom. The standard InChI is InChI=1S/C12H17N5O/c1-9-8-14-11(15-9)12(18)16(3)6-7-17-5-4-13-10(17)2/h4-5,8H,6-7H2,1-3H3,(H,14,15). The lowest BCUT2D eigenvalue weighted by molar-refractivity contribution is 0.0779. The van der Waals surface area contributed by atoms with E-state index in [2.05, 4.69) is 15.0 Å². The summed E-state index contributed by atoms with van der Waals surface area (Å²) < 4.78 is 2.01. The number of likely N-dealkylation sites (N-methyl/N-ethyl adjacent to an activating group) is 1. The molecular weight excluding hydrogens is 230 g/mol. The summed E-state index contributed by atoms with van der Waals surface area (Å²) in [5, 5.41) is 0. The van der Waals surface area contributed by atoms with Crippen molar-refractivity contribution in [3.8, 4) is 0 Å². The van der Waals surface area contributed by atoms with Gasteiger partial charge in [0.15, 0.2) is 5.82 Å². The second-order valence-electron chi connectivity index (χ2n) is 4.31. The molecule has 0 atom stereocenters. The first-order valence-corrected chi connectivity index (χ1v) is 5.82. The molecule has 6 nitrogen and oxygen atoms in total. The minimum Gasteiger partial charge on any atom is -0.338 e. The minimum absolute atomic E-state index is 0.0964. The predicted molar refractivity (Wildman–Crippen MR) is 67.2 cm³/mol. The van der Waals surface area contributed by atoms with Gasteiger partial charge in [-0.05, 0) is 13.8 Å². The Labute approximate surface area is 106 Å². The SMILES string of the molecule is Cc1cnc(C(=O)N(C)CCn2ccnc2C)[nH]1. The van der Waals surface area contributed by atoms with Crippen LogP contribution in [0.5, 0.6) is 0 Å². The molecule has 0 unspecified atom stereocenters. The van der Waals surface area contributed by atoms with Crippen LogP contribution in [-0.4, -0.2) is 43.9 Å². The number of imidazole rings is 2. The van der Waals surface area contributed by atoms with Gasteiger partial charge in [-0.1, -0.05) is 0 Å². The van der Waals surface area contributed by atoms with Crippen LogP contribution in [0.2, 0.25) is 0 Å². The normalized spacial score (nSPS) is 10.6. The van der Waals surface area contributed by atoms with Crippen LogP contribution in [0.15, 0.2) is 18.6 Å². The number of hydrogen-bond acceptors (Lipinski definition) is 3. The first kappa shape index (κ1) is 12.3. The summed E-state index contributed by atoms with van der Waals surface area (Å²) in [6.07, 6.45) is 5.32. The second-order valence-corrected chi connectivity index (χ2v) is 4.31. The molecule has 0 aliphatic rings. The molecule has 18 heavy (non-hydrogen) atoms. The number of nitrogens with zero attached hydrogens (tertiary/aromatic N) is 4. The highest BCUT2D eigenvalue weighted by Crippen LogP contribution is 2.01. The lowest BCUT2D eigenvalue weighted by Gasteiger charge is -2.16. The first-order valence-electron chi connectivity index (χ1n) is 5.82. The Morgan fingerprint density at radius 3 is 2.78 bits per heavy atom. The largest absolute Gasteiger partial charge is 0.338 e. The number of aryl methyl sites for hydroxylation is 2. The summed E-state index contributed by atoms with van der Waals surface area (Å²) in [6.45, 7) is 5.17. The minimum atomic E-state index is -0.0964. The zero-order valence-electron chi connectivity index (χ0n) is 10.8. The number of H-pyrrole nitrogens is 1. The molecule has 0 saturated carbocycles. The van der Waals surface area contributed by atoms with E-state index in [-0.39, 0.29) is 5.91 Å². The van der Waals surface area contributed by atoms with Crippen LogP contribution in [0.25, 0.3) is 0 Å². The Balaban J connectivity index is 1.94. The van der Waals surface area contributed by atoms with Gasteiger partial charge in [-0.2, -0.15) is 0 Å².